The number of anilines is 1. The van der Waals surface area contributed by atoms with Crippen LogP contribution in [0, 0.1) is 0 Å². The molecule has 0 saturated carbocycles. The predicted molar refractivity (Wildman–Crippen MR) is 111 cm³/mol. The van der Waals surface area contributed by atoms with Gasteiger partial charge in [0.2, 0.25) is 0 Å². The van der Waals surface area contributed by atoms with Crippen LogP contribution in [-0.4, -0.2) is 43.5 Å². The Bertz CT molecular complexity index is 1170. The molecule has 2 N–H and O–H groups in total. The second-order valence-corrected chi connectivity index (χ2v) is 8.97. The summed E-state index contributed by atoms with van der Waals surface area (Å²) in [6.07, 6.45) is -13.5. The molecular weight excluding hydrogens is 532 g/mol. The van der Waals surface area contributed by atoms with Crippen LogP contribution < -0.4 is 5.32 Å². The average molecular weight is 551 g/mol. The third kappa shape index (κ3) is 5.82. The number of amides is 2. The normalized spacial score (nSPS) is 13.0. The molecule has 2 amide bonds. The Morgan fingerprint density at radius 1 is 1.08 bits per heavy atom. The zero-order chi connectivity index (χ0) is 28.0. The summed E-state index contributed by atoms with van der Waals surface area (Å²) in [4.78, 5) is 25.2. The van der Waals surface area contributed by atoms with E-state index in [1.807, 2.05) is 5.32 Å². The van der Waals surface area contributed by atoms with E-state index in [-0.39, 0.29) is 27.5 Å². The number of rotatable bonds is 5. The number of carbonyl (C=O) groups excluding carboxylic acids is 1. The first kappa shape index (κ1) is 29.1. The highest BCUT2D eigenvalue weighted by Gasteiger charge is 2.64. The van der Waals surface area contributed by atoms with E-state index in [4.69, 9.17) is 11.6 Å². The van der Waals surface area contributed by atoms with Crippen molar-refractivity contribution in [3.05, 3.63) is 45.7 Å². The molecule has 2 rings (SSSR count). The third-order valence-corrected chi connectivity index (χ3v) is 5.24. The second kappa shape index (κ2) is 9.41. The van der Waals surface area contributed by atoms with E-state index in [1.54, 1.807) is 20.8 Å². The number of carboxylic acid groups (broad SMARTS) is 1. The van der Waals surface area contributed by atoms with Crippen LogP contribution in [0.4, 0.5) is 45.6 Å². The van der Waals surface area contributed by atoms with Gasteiger partial charge in [0.1, 0.15) is 11.3 Å². The molecule has 7 nitrogen and oxygen atoms in total. The number of nitrogens with one attached hydrogen (secondary N) is 1. The summed E-state index contributed by atoms with van der Waals surface area (Å²) in [7, 11) is 0.599. The number of hydrogen-bond acceptors (Lipinski definition) is 3. The Kier molecular flexibility index (Phi) is 7.61. The van der Waals surface area contributed by atoms with Gasteiger partial charge in [0.15, 0.2) is 5.69 Å². The van der Waals surface area contributed by atoms with E-state index in [0.717, 1.165) is 17.0 Å². The minimum Gasteiger partial charge on any atom is -0.465 e. The molecule has 0 aliphatic rings. The fourth-order valence-corrected chi connectivity index (χ4v) is 3.31. The Morgan fingerprint density at radius 3 is 2.08 bits per heavy atom. The average Bonchev–Trinajstić information content (AvgIpc) is 3.04. The van der Waals surface area contributed by atoms with Gasteiger partial charge in [-0.2, -0.15) is 40.2 Å². The first-order valence-electron chi connectivity index (χ1n) is 9.78. The van der Waals surface area contributed by atoms with Gasteiger partial charge in [-0.25, -0.2) is 4.79 Å². The minimum absolute atomic E-state index is 0.0320. The minimum atomic E-state index is -6.41. The van der Waals surface area contributed by atoms with Crippen molar-refractivity contribution in [3.8, 4) is 0 Å². The first-order chi connectivity index (χ1) is 16.1. The number of alkyl halides is 8. The summed E-state index contributed by atoms with van der Waals surface area (Å²) >= 11 is 6.07. The van der Waals surface area contributed by atoms with Crippen molar-refractivity contribution in [1.82, 2.24) is 14.7 Å². The number of hydrogen-bond donors (Lipinski definition) is 2. The maximum absolute atomic E-state index is 13.8. The largest absolute Gasteiger partial charge is 0.465 e. The molecule has 16 heteroatoms. The SMILES string of the molecule is Cn1nc(C(F)(F)C(F)(F)F)c(C(F)(F)F)c1C(=O)Nc1ccc(Cl)c(CN(C(=O)O)C(C)(C)C)c1. The monoisotopic (exact) mass is 550 g/mol. The Balaban J connectivity index is 2.54. The highest BCUT2D eigenvalue weighted by molar-refractivity contribution is 6.31. The van der Waals surface area contributed by atoms with Crippen molar-refractivity contribution in [2.45, 2.75) is 51.1 Å². The van der Waals surface area contributed by atoms with Gasteiger partial charge >= 0.3 is 24.4 Å². The summed E-state index contributed by atoms with van der Waals surface area (Å²) in [6.45, 7) is 4.44. The lowest BCUT2D eigenvalue weighted by molar-refractivity contribution is -0.292. The molecule has 1 aromatic heterocycles. The molecule has 1 heterocycles. The molecular formula is C20H19ClF8N4O3. The van der Waals surface area contributed by atoms with Crippen molar-refractivity contribution in [2.24, 2.45) is 7.05 Å². The molecule has 0 fully saturated rings. The molecule has 0 bridgehead atoms. The number of halogens is 9. The molecule has 0 unspecified atom stereocenters. The van der Waals surface area contributed by atoms with Crippen molar-refractivity contribution in [3.63, 3.8) is 0 Å². The lowest BCUT2D eigenvalue weighted by Crippen LogP contribution is -2.44. The van der Waals surface area contributed by atoms with Crippen LogP contribution >= 0.6 is 11.6 Å². The van der Waals surface area contributed by atoms with Gasteiger partial charge in [0.05, 0.1) is 6.54 Å². The molecule has 36 heavy (non-hydrogen) atoms. The van der Waals surface area contributed by atoms with Crippen LogP contribution in [0.3, 0.4) is 0 Å². The number of nitrogens with zero attached hydrogens (tertiary/aromatic N) is 3. The molecule has 0 saturated heterocycles. The van der Waals surface area contributed by atoms with Crippen molar-refractivity contribution < 1.29 is 49.8 Å². The van der Waals surface area contributed by atoms with Gasteiger partial charge in [-0.3, -0.25) is 14.4 Å². The van der Waals surface area contributed by atoms with Crippen LogP contribution in [0.2, 0.25) is 5.02 Å². The zero-order valence-corrected chi connectivity index (χ0v) is 19.7. The molecule has 0 aliphatic heterocycles. The summed E-state index contributed by atoms with van der Waals surface area (Å²) in [5.74, 6) is -7.70. The maximum Gasteiger partial charge on any atom is 0.459 e. The van der Waals surface area contributed by atoms with Gasteiger partial charge in [-0.1, -0.05) is 11.6 Å². The topological polar surface area (TPSA) is 87.5 Å². The summed E-state index contributed by atoms with van der Waals surface area (Å²) in [5, 5.41) is 14.1. The Morgan fingerprint density at radius 2 is 1.64 bits per heavy atom. The van der Waals surface area contributed by atoms with E-state index < -0.39 is 52.8 Å². The summed E-state index contributed by atoms with van der Waals surface area (Å²) < 4.78 is 107. The van der Waals surface area contributed by atoms with Crippen molar-refractivity contribution in [1.29, 1.82) is 0 Å². The quantitative estimate of drug-likeness (QED) is 0.429. The third-order valence-electron chi connectivity index (χ3n) is 4.87. The summed E-state index contributed by atoms with van der Waals surface area (Å²) in [5.41, 5.74) is -7.84. The lowest BCUT2D eigenvalue weighted by atomic mass is 10.0. The molecule has 0 aliphatic carbocycles. The van der Waals surface area contributed by atoms with Gasteiger partial charge < -0.3 is 10.4 Å². The van der Waals surface area contributed by atoms with Crippen molar-refractivity contribution in [2.75, 3.05) is 5.32 Å². The highest BCUT2D eigenvalue weighted by Crippen LogP contribution is 2.48. The number of aromatic nitrogens is 2. The van der Waals surface area contributed by atoms with Gasteiger partial charge in [-0.05, 0) is 44.5 Å². The van der Waals surface area contributed by atoms with E-state index in [0.29, 0.717) is 7.05 Å². The number of carbonyl (C=O) groups is 2. The van der Waals surface area contributed by atoms with E-state index >= 15 is 0 Å². The standard InChI is InChI=1S/C20H19ClF8N4O3/c1-17(2,3)33(16(35)36)8-9-7-10(5-6-11(9)21)30-15(34)13-12(19(24,25)26)14(31-32(13)4)18(22,23)20(27,28)29/h5-7H,8H2,1-4H3,(H,30,34)(H,35,36). The van der Waals surface area contributed by atoms with Gasteiger partial charge in [-0.15, -0.1) is 0 Å². The Hall–Kier alpha value is -3.10. The fraction of sp³-hybridized carbons (Fsp3) is 0.450. The maximum atomic E-state index is 13.8. The number of aryl methyl sites for hydroxylation is 1. The predicted octanol–water partition coefficient (Wildman–Crippen LogP) is 6.28. The van der Waals surface area contributed by atoms with Crippen molar-refractivity contribution >= 4 is 29.3 Å². The highest BCUT2D eigenvalue weighted by atomic mass is 35.5. The Labute approximate surface area is 203 Å². The van der Waals surface area contributed by atoms with Crippen LogP contribution in [0.5, 0.6) is 0 Å². The van der Waals surface area contributed by atoms with E-state index in [1.165, 1.54) is 6.07 Å². The zero-order valence-electron chi connectivity index (χ0n) is 18.9. The van der Waals surface area contributed by atoms with E-state index in [9.17, 15) is 49.8 Å². The molecule has 1 aromatic carbocycles. The first-order valence-corrected chi connectivity index (χ1v) is 10.2. The van der Waals surface area contributed by atoms with Crippen LogP contribution in [0.25, 0.3) is 0 Å². The summed E-state index contributed by atoms with van der Waals surface area (Å²) in [6, 6.07) is 3.42. The van der Waals surface area contributed by atoms with Crippen LogP contribution in [0.1, 0.15) is 48.1 Å². The molecule has 0 radical (unpaired) electrons. The van der Waals surface area contributed by atoms with Crippen LogP contribution in [-0.2, 0) is 25.7 Å². The molecule has 200 valence electrons. The second-order valence-electron chi connectivity index (χ2n) is 8.57. The number of benzene rings is 1. The smallest absolute Gasteiger partial charge is 0.459 e. The van der Waals surface area contributed by atoms with Crippen LogP contribution in [0.15, 0.2) is 18.2 Å². The van der Waals surface area contributed by atoms with Gasteiger partial charge in [0.25, 0.3) is 5.91 Å². The van der Waals surface area contributed by atoms with E-state index in [2.05, 4.69) is 5.10 Å². The van der Waals surface area contributed by atoms with Gasteiger partial charge in [0, 0.05) is 23.3 Å². The molecule has 2 aromatic rings. The fourth-order valence-electron chi connectivity index (χ4n) is 3.13. The lowest BCUT2D eigenvalue weighted by Gasteiger charge is -2.33. The molecule has 0 atom stereocenters. The molecule has 0 spiro atoms.